The molecule has 0 aliphatic carbocycles. The molecule has 3 aliphatic heterocycles. The number of pyridine rings is 1. The summed E-state index contributed by atoms with van der Waals surface area (Å²) < 4.78 is 47.2. The second-order valence-corrected chi connectivity index (χ2v) is 13.1. The van der Waals surface area contributed by atoms with E-state index in [4.69, 9.17) is 14.7 Å². The van der Waals surface area contributed by atoms with Crippen LogP contribution in [0.1, 0.15) is 43.0 Å². The zero-order chi connectivity index (χ0) is 32.9. The second kappa shape index (κ2) is 11.9. The molecule has 13 heteroatoms. The van der Waals surface area contributed by atoms with Crippen molar-refractivity contribution in [3.8, 4) is 16.9 Å². The first kappa shape index (κ1) is 31.1. The van der Waals surface area contributed by atoms with Crippen LogP contribution in [0.4, 0.5) is 19.0 Å². The number of aromatic amines is 1. The maximum Gasteiger partial charge on any atom is 0.422 e. The molecule has 1 aromatic carbocycles. The van der Waals surface area contributed by atoms with Gasteiger partial charge in [-0.15, -0.1) is 0 Å². The van der Waals surface area contributed by atoms with Gasteiger partial charge in [0.25, 0.3) is 0 Å². The number of halogens is 3. The summed E-state index contributed by atoms with van der Waals surface area (Å²) in [4.78, 5) is 33.0. The molecule has 1 spiro atoms. The highest BCUT2D eigenvalue weighted by Crippen LogP contribution is 2.47. The van der Waals surface area contributed by atoms with Crippen molar-refractivity contribution >= 4 is 39.6 Å². The number of carbonyl (C=O) groups is 1. The first-order valence-electron chi connectivity index (χ1n) is 15.9. The van der Waals surface area contributed by atoms with E-state index in [-0.39, 0.29) is 23.0 Å². The van der Waals surface area contributed by atoms with Crippen molar-refractivity contribution in [1.29, 1.82) is 0 Å². The molecule has 3 fully saturated rings. The molecular formula is C34H37F3N8O2. The molecule has 0 radical (unpaired) electrons. The predicted octanol–water partition coefficient (Wildman–Crippen LogP) is 5.58. The number of ether oxygens (including phenoxy) is 1. The Bertz CT molecular complexity index is 1850. The summed E-state index contributed by atoms with van der Waals surface area (Å²) in [7, 11) is 2.08. The fourth-order valence-corrected chi connectivity index (χ4v) is 7.30. The van der Waals surface area contributed by atoms with Gasteiger partial charge in [0.1, 0.15) is 17.2 Å². The monoisotopic (exact) mass is 646 g/mol. The molecule has 0 saturated carbocycles. The van der Waals surface area contributed by atoms with E-state index in [9.17, 15) is 18.0 Å². The number of nitrogens with one attached hydrogen (secondary N) is 1. The van der Waals surface area contributed by atoms with Gasteiger partial charge in [-0.2, -0.15) is 18.3 Å². The van der Waals surface area contributed by atoms with Crippen LogP contribution in [0.15, 0.2) is 43.9 Å². The fourth-order valence-electron chi connectivity index (χ4n) is 7.30. The molecular weight excluding hydrogens is 609 g/mol. The lowest BCUT2D eigenvalue weighted by Crippen LogP contribution is -2.61. The lowest BCUT2D eigenvalue weighted by Gasteiger charge is -2.54. The van der Waals surface area contributed by atoms with E-state index >= 15 is 0 Å². The van der Waals surface area contributed by atoms with Crippen molar-refractivity contribution in [2.75, 3.05) is 57.8 Å². The highest BCUT2D eigenvalue weighted by atomic mass is 19.4. The van der Waals surface area contributed by atoms with Gasteiger partial charge in [0.15, 0.2) is 12.4 Å². The molecule has 0 unspecified atom stereocenters. The number of fused-ring (bicyclic) bond motifs is 2. The fraction of sp³-hybridized carbons (Fsp3) is 0.441. The SMILES string of the molecule is C=CC(=O)N1CC2(CCN(c3nc(C4CCN(C)CC4)nc4c(OCC(F)(F)F)c(-c5cncc6[nH]ncc56)c(C=C)cc34)CC2)C1. The van der Waals surface area contributed by atoms with Crippen molar-refractivity contribution in [2.45, 2.75) is 37.8 Å². The number of likely N-dealkylation sites (tertiary alicyclic amines) is 2. The van der Waals surface area contributed by atoms with Gasteiger partial charge in [-0.3, -0.25) is 14.9 Å². The van der Waals surface area contributed by atoms with Crippen LogP contribution < -0.4 is 9.64 Å². The van der Waals surface area contributed by atoms with E-state index < -0.39 is 12.8 Å². The number of alkyl halides is 3. The quantitative estimate of drug-likeness (QED) is 0.260. The largest absolute Gasteiger partial charge is 0.481 e. The summed E-state index contributed by atoms with van der Waals surface area (Å²) in [6, 6.07) is 1.91. The van der Waals surface area contributed by atoms with Crippen LogP contribution >= 0.6 is 0 Å². The average molecular weight is 647 g/mol. The molecule has 3 aliphatic rings. The number of amides is 1. The van der Waals surface area contributed by atoms with Gasteiger partial charge in [-0.1, -0.05) is 19.2 Å². The molecule has 0 bridgehead atoms. The van der Waals surface area contributed by atoms with Gasteiger partial charge >= 0.3 is 6.18 Å². The third-order valence-corrected chi connectivity index (χ3v) is 9.96. The Balaban J connectivity index is 1.38. The van der Waals surface area contributed by atoms with Crippen molar-refractivity contribution < 1.29 is 22.7 Å². The van der Waals surface area contributed by atoms with E-state index in [1.807, 2.05) is 11.0 Å². The summed E-state index contributed by atoms with van der Waals surface area (Å²) in [5.41, 5.74) is 2.59. The average Bonchev–Trinajstić information content (AvgIpc) is 3.54. The molecule has 3 aromatic heterocycles. The topological polar surface area (TPSA) is 103 Å². The number of H-pyrrole nitrogens is 1. The van der Waals surface area contributed by atoms with Crippen molar-refractivity contribution in [2.24, 2.45) is 5.41 Å². The van der Waals surface area contributed by atoms with E-state index in [0.29, 0.717) is 76.3 Å². The Morgan fingerprint density at radius 1 is 1.09 bits per heavy atom. The zero-order valence-corrected chi connectivity index (χ0v) is 26.3. The molecule has 1 amide bonds. The molecule has 0 atom stereocenters. The number of anilines is 1. The van der Waals surface area contributed by atoms with Crippen LogP contribution in [0.3, 0.4) is 0 Å². The number of piperidine rings is 2. The number of hydrogen-bond acceptors (Lipinski definition) is 8. The van der Waals surface area contributed by atoms with Crippen molar-refractivity contribution in [1.82, 2.24) is 34.9 Å². The highest BCUT2D eigenvalue weighted by molar-refractivity contribution is 6.06. The summed E-state index contributed by atoms with van der Waals surface area (Å²) in [5.74, 6) is 1.31. The van der Waals surface area contributed by atoms with E-state index in [1.54, 1.807) is 24.7 Å². The van der Waals surface area contributed by atoms with Gasteiger partial charge in [0.05, 0.1) is 17.9 Å². The van der Waals surface area contributed by atoms with E-state index in [2.05, 4.69) is 45.2 Å². The van der Waals surface area contributed by atoms with Crippen molar-refractivity contribution in [3.63, 3.8) is 0 Å². The second-order valence-electron chi connectivity index (χ2n) is 13.1. The molecule has 7 rings (SSSR count). The number of benzene rings is 1. The van der Waals surface area contributed by atoms with Gasteiger partial charge in [-0.25, -0.2) is 9.97 Å². The van der Waals surface area contributed by atoms with Crippen LogP contribution in [0, 0.1) is 5.41 Å². The summed E-state index contributed by atoms with van der Waals surface area (Å²) in [6.07, 6.45) is 6.65. The number of rotatable bonds is 7. The van der Waals surface area contributed by atoms with Crippen LogP contribution in [-0.4, -0.2) is 100.0 Å². The summed E-state index contributed by atoms with van der Waals surface area (Å²) in [6.45, 7) is 10.7. The third-order valence-electron chi connectivity index (χ3n) is 9.96. The Morgan fingerprint density at radius 2 is 1.83 bits per heavy atom. The van der Waals surface area contributed by atoms with Gasteiger partial charge < -0.3 is 19.4 Å². The summed E-state index contributed by atoms with van der Waals surface area (Å²) in [5, 5.41) is 8.34. The highest BCUT2D eigenvalue weighted by Gasteiger charge is 2.46. The third kappa shape index (κ3) is 5.81. The molecule has 10 nitrogen and oxygen atoms in total. The minimum atomic E-state index is -4.58. The van der Waals surface area contributed by atoms with Crippen LogP contribution in [0.5, 0.6) is 5.75 Å². The maximum absolute atomic E-state index is 13.8. The zero-order valence-electron chi connectivity index (χ0n) is 26.3. The first-order chi connectivity index (χ1) is 22.6. The minimum absolute atomic E-state index is 0.0223. The smallest absolute Gasteiger partial charge is 0.422 e. The van der Waals surface area contributed by atoms with Crippen LogP contribution in [0.2, 0.25) is 0 Å². The van der Waals surface area contributed by atoms with E-state index in [0.717, 1.165) is 38.8 Å². The van der Waals surface area contributed by atoms with Crippen molar-refractivity contribution in [3.05, 3.63) is 55.3 Å². The Labute approximate surface area is 270 Å². The number of carbonyl (C=O) groups excluding carboxylic acids is 1. The number of aromatic nitrogens is 5. The molecule has 4 aromatic rings. The Hall–Kier alpha value is -4.52. The van der Waals surface area contributed by atoms with Gasteiger partial charge in [-0.05, 0) is 63.5 Å². The molecule has 3 saturated heterocycles. The molecule has 6 heterocycles. The normalized spacial score (nSPS) is 18.9. The molecule has 47 heavy (non-hydrogen) atoms. The standard InChI is InChI=1S/C34H37F3N8O2/c1-4-21-14-23-29(30(47-20-34(35,36)37)28(21)25-15-38-17-26-24(25)16-39-42-26)40-31(22-6-10-43(3)11-7-22)41-32(23)44-12-8-33(9-13-44)18-45(19-33)27(46)5-2/h4-5,14-17,22H,1-2,6-13,18-20H2,3H3,(H,39,42). The molecule has 1 N–H and O–H groups in total. The van der Waals surface area contributed by atoms with Gasteiger partial charge in [0.2, 0.25) is 5.91 Å². The van der Waals surface area contributed by atoms with E-state index in [1.165, 1.54) is 6.08 Å². The molecule has 246 valence electrons. The lowest BCUT2D eigenvalue weighted by molar-refractivity contribution is -0.153. The summed E-state index contributed by atoms with van der Waals surface area (Å²) >= 11 is 0. The Kier molecular flexibility index (Phi) is 7.89. The predicted molar refractivity (Wildman–Crippen MR) is 174 cm³/mol. The number of hydrogen-bond donors (Lipinski definition) is 1. The van der Waals surface area contributed by atoms with Gasteiger partial charge in [0, 0.05) is 65.6 Å². The van der Waals surface area contributed by atoms with Crippen LogP contribution in [0.25, 0.3) is 39.0 Å². The lowest BCUT2D eigenvalue weighted by atomic mass is 9.72. The van der Waals surface area contributed by atoms with Crippen LogP contribution in [-0.2, 0) is 4.79 Å². The number of nitrogens with zero attached hydrogens (tertiary/aromatic N) is 7. The Morgan fingerprint density at radius 3 is 2.51 bits per heavy atom. The maximum atomic E-state index is 13.8. The first-order valence-corrected chi connectivity index (χ1v) is 15.9. The minimum Gasteiger partial charge on any atom is -0.481 e.